The third-order valence-electron chi connectivity index (χ3n) is 2.35. The minimum absolute atomic E-state index is 0.194. The zero-order valence-corrected chi connectivity index (χ0v) is 8.13. The second-order valence-corrected chi connectivity index (χ2v) is 3.16. The minimum atomic E-state index is -0.342. The standard InChI is InChI=1S/C10H13NO2/c1-4-9-6-10(11(12)13)5-7(2)8(9)3/h5-6H,4H2,1-3H3. The molecule has 0 spiro atoms. The van der Waals surface area contributed by atoms with Gasteiger partial charge in [-0.15, -0.1) is 0 Å². The molecule has 0 amide bonds. The normalized spacial score (nSPS) is 10.1. The highest BCUT2D eigenvalue weighted by Crippen LogP contribution is 2.21. The van der Waals surface area contributed by atoms with Gasteiger partial charge >= 0.3 is 0 Å². The van der Waals surface area contributed by atoms with E-state index in [1.807, 2.05) is 20.8 Å². The quantitative estimate of drug-likeness (QED) is 0.517. The second kappa shape index (κ2) is 3.56. The molecule has 0 unspecified atom stereocenters. The summed E-state index contributed by atoms with van der Waals surface area (Å²) >= 11 is 0. The van der Waals surface area contributed by atoms with Crippen LogP contribution in [0.25, 0.3) is 0 Å². The lowest BCUT2D eigenvalue weighted by atomic mass is 10.0. The Morgan fingerprint density at radius 2 is 2.00 bits per heavy atom. The van der Waals surface area contributed by atoms with Gasteiger partial charge in [0, 0.05) is 12.1 Å². The Hall–Kier alpha value is -1.38. The van der Waals surface area contributed by atoms with Crippen molar-refractivity contribution < 1.29 is 4.92 Å². The minimum Gasteiger partial charge on any atom is -0.258 e. The average molecular weight is 179 g/mol. The van der Waals surface area contributed by atoms with Crippen LogP contribution < -0.4 is 0 Å². The first-order valence-electron chi connectivity index (χ1n) is 4.30. The van der Waals surface area contributed by atoms with E-state index < -0.39 is 0 Å². The van der Waals surface area contributed by atoms with Crippen LogP contribution >= 0.6 is 0 Å². The molecular weight excluding hydrogens is 166 g/mol. The molecule has 1 aromatic rings. The van der Waals surface area contributed by atoms with Crippen LogP contribution in [0.15, 0.2) is 12.1 Å². The van der Waals surface area contributed by atoms with Crippen molar-refractivity contribution in [2.24, 2.45) is 0 Å². The molecule has 0 N–H and O–H groups in total. The molecule has 0 saturated heterocycles. The number of aryl methyl sites for hydroxylation is 2. The lowest BCUT2D eigenvalue weighted by molar-refractivity contribution is -0.385. The van der Waals surface area contributed by atoms with Crippen molar-refractivity contribution in [2.75, 3.05) is 0 Å². The molecule has 0 aliphatic rings. The number of rotatable bonds is 2. The molecule has 3 heteroatoms. The van der Waals surface area contributed by atoms with Crippen LogP contribution in [-0.4, -0.2) is 4.92 Å². The molecule has 0 aliphatic heterocycles. The first-order valence-corrected chi connectivity index (χ1v) is 4.30. The zero-order chi connectivity index (χ0) is 10.0. The van der Waals surface area contributed by atoms with Crippen molar-refractivity contribution in [1.82, 2.24) is 0 Å². The largest absolute Gasteiger partial charge is 0.269 e. The van der Waals surface area contributed by atoms with Crippen LogP contribution in [0.5, 0.6) is 0 Å². The van der Waals surface area contributed by atoms with Crippen LogP contribution in [-0.2, 0) is 6.42 Å². The monoisotopic (exact) mass is 179 g/mol. The van der Waals surface area contributed by atoms with Gasteiger partial charge in [0.05, 0.1) is 4.92 Å². The van der Waals surface area contributed by atoms with Crippen LogP contribution in [0.4, 0.5) is 5.69 Å². The Kier molecular flexibility index (Phi) is 2.66. The third kappa shape index (κ3) is 1.86. The van der Waals surface area contributed by atoms with E-state index >= 15 is 0 Å². The average Bonchev–Trinajstić information content (AvgIpc) is 2.09. The Balaban J connectivity index is 3.30. The van der Waals surface area contributed by atoms with E-state index in [0.717, 1.165) is 23.1 Å². The number of nitro groups is 1. The highest BCUT2D eigenvalue weighted by Gasteiger charge is 2.09. The van der Waals surface area contributed by atoms with E-state index in [1.165, 1.54) is 0 Å². The van der Waals surface area contributed by atoms with E-state index in [0.29, 0.717) is 0 Å². The number of hydrogen-bond acceptors (Lipinski definition) is 2. The summed E-state index contributed by atoms with van der Waals surface area (Å²) in [6.45, 7) is 5.91. The molecule has 0 bridgehead atoms. The van der Waals surface area contributed by atoms with Gasteiger partial charge in [-0.2, -0.15) is 0 Å². The summed E-state index contributed by atoms with van der Waals surface area (Å²) in [5.74, 6) is 0. The van der Waals surface area contributed by atoms with E-state index in [4.69, 9.17) is 0 Å². The van der Waals surface area contributed by atoms with Gasteiger partial charge in [0.2, 0.25) is 0 Å². The van der Waals surface area contributed by atoms with Gasteiger partial charge in [-0.25, -0.2) is 0 Å². The summed E-state index contributed by atoms with van der Waals surface area (Å²) in [6.07, 6.45) is 0.842. The molecule has 0 aromatic heterocycles. The molecule has 70 valence electrons. The van der Waals surface area contributed by atoms with E-state index in [-0.39, 0.29) is 10.6 Å². The molecule has 0 atom stereocenters. The predicted molar refractivity (Wildman–Crippen MR) is 51.9 cm³/mol. The summed E-state index contributed by atoms with van der Waals surface area (Å²) in [7, 11) is 0. The first-order chi connectivity index (χ1) is 6.06. The van der Waals surface area contributed by atoms with E-state index in [9.17, 15) is 10.1 Å². The molecule has 0 heterocycles. The Labute approximate surface area is 77.5 Å². The molecule has 3 nitrogen and oxygen atoms in total. The van der Waals surface area contributed by atoms with E-state index in [2.05, 4.69) is 0 Å². The van der Waals surface area contributed by atoms with Crippen molar-refractivity contribution >= 4 is 5.69 Å². The van der Waals surface area contributed by atoms with Gasteiger partial charge in [-0.1, -0.05) is 6.92 Å². The van der Waals surface area contributed by atoms with Crippen molar-refractivity contribution in [3.05, 3.63) is 38.9 Å². The van der Waals surface area contributed by atoms with Crippen LogP contribution in [0, 0.1) is 24.0 Å². The maximum Gasteiger partial charge on any atom is 0.269 e. The summed E-state index contributed by atoms with van der Waals surface area (Å²) in [5.41, 5.74) is 3.41. The predicted octanol–water partition coefficient (Wildman–Crippen LogP) is 2.77. The maximum absolute atomic E-state index is 10.5. The summed E-state index contributed by atoms with van der Waals surface area (Å²) in [4.78, 5) is 10.2. The molecule has 1 rings (SSSR count). The first kappa shape index (κ1) is 9.71. The molecular formula is C10H13NO2. The van der Waals surface area contributed by atoms with E-state index in [1.54, 1.807) is 12.1 Å². The Morgan fingerprint density at radius 1 is 1.38 bits per heavy atom. The fourth-order valence-electron chi connectivity index (χ4n) is 1.38. The number of non-ortho nitro benzene ring substituents is 1. The Morgan fingerprint density at radius 3 is 2.46 bits per heavy atom. The molecule has 0 fully saturated rings. The summed E-state index contributed by atoms with van der Waals surface area (Å²) in [6, 6.07) is 3.27. The van der Waals surface area contributed by atoms with Crippen molar-refractivity contribution in [3.8, 4) is 0 Å². The van der Waals surface area contributed by atoms with Crippen LogP contribution in [0.2, 0.25) is 0 Å². The van der Waals surface area contributed by atoms with Gasteiger partial charge in [0.25, 0.3) is 5.69 Å². The Bertz CT molecular complexity index is 345. The van der Waals surface area contributed by atoms with Crippen molar-refractivity contribution in [2.45, 2.75) is 27.2 Å². The second-order valence-electron chi connectivity index (χ2n) is 3.16. The van der Waals surface area contributed by atoms with Gasteiger partial charge < -0.3 is 0 Å². The SMILES string of the molecule is CCc1cc([N+](=O)[O-])cc(C)c1C. The molecule has 13 heavy (non-hydrogen) atoms. The molecule has 0 saturated carbocycles. The molecule has 0 radical (unpaired) electrons. The van der Waals surface area contributed by atoms with Crippen molar-refractivity contribution in [1.29, 1.82) is 0 Å². The van der Waals surface area contributed by atoms with Gasteiger partial charge in [-0.05, 0) is 37.0 Å². The van der Waals surface area contributed by atoms with Crippen LogP contribution in [0.1, 0.15) is 23.6 Å². The summed E-state index contributed by atoms with van der Waals surface area (Å²) < 4.78 is 0. The molecule has 1 aromatic carbocycles. The van der Waals surface area contributed by atoms with Crippen LogP contribution in [0.3, 0.4) is 0 Å². The fraction of sp³-hybridized carbons (Fsp3) is 0.400. The molecule has 0 aliphatic carbocycles. The zero-order valence-electron chi connectivity index (χ0n) is 8.13. The van der Waals surface area contributed by atoms with Gasteiger partial charge in [0.15, 0.2) is 0 Å². The van der Waals surface area contributed by atoms with Gasteiger partial charge in [0.1, 0.15) is 0 Å². The number of nitrogens with zero attached hydrogens (tertiary/aromatic N) is 1. The topological polar surface area (TPSA) is 43.1 Å². The maximum atomic E-state index is 10.5. The van der Waals surface area contributed by atoms with Crippen molar-refractivity contribution in [3.63, 3.8) is 0 Å². The highest BCUT2D eigenvalue weighted by molar-refractivity contribution is 5.44. The lowest BCUT2D eigenvalue weighted by Crippen LogP contribution is -1.95. The smallest absolute Gasteiger partial charge is 0.258 e. The number of nitro benzene ring substituents is 1. The number of hydrogen-bond donors (Lipinski definition) is 0. The number of benzene rings is 1. The third-order valence-corrected chi connectivity index (χ3v) is 2.35. The fourth-order valence-corrected chi connectivity index (χ4v) is 1.38. The summed E-state index contributed by atoms with van der Waals surface area (Å²) in [5, 5.41) is 10.5. The highest BCUT2D eigenvalue weighted by atomic mass is 16.6. The lowest BCUT2D eigenvalue weighted by Gasteiger charge is -2.05. The van der Waals surface area contributed by atoms with Gasteiger partial charge in [-0.3, -0.25) is 10.1 Å².